The summed E-state index contributed by atoms with van der Waals surface area (Å²) in [6, 6.07) is 5.49. The molecule has 0 bridgehead atoms. The molecule has 0 spiro atoms. The summed E-state index contributed by atoms with van der Waals surface area (Å²) in [6.07, 6.45) is -1.18. The van der Waals surface area contributed by atoms with Crippen LogP contribution in [0.15, 0.2) is 24.3 Å². The van der Waals surface area contributed by atoms with Gasteiger partial charge in [-0.3, -0.25) is 4.79 Å². The molecule has 0 aliphatic rings. The standard InChI is InChI=1S/C10H11FO3/c1-14-10(13)6-9(12)7-3-2-4-8(11)5-7/h2-5,9,12H,6H2,1H3/t9-/m0/s1. The fraction of sp³-hybridized carbons (Fsp3) is 0.300. The third-order valence-corrected chi connectivity index (χ3v) is 1.82. The zero-order chi connectivity index (χ0) is 10.6. The zero-order valence-corrected chi connectivity index (χ0v) is 7.74. The highest BCUT2D eigenvalue weighted by atomic mass is 19.1. The van der Waals surface area contributed by atoms with Gasteiger partial charge < -0.3 is 9.84 Å². The summed E-state index contributed by atoms with van der Waals surface area (Å²) in [5.41, 5.74) is 0.371. The van der Waals surface area contributed by atoms with Gasteiger partial charge in [-0.2, -0.15) is 0 Å². The normalized spacial score (nSPS) is 12.2. The van der Waals surface area contributed by atoms with E-state index in [1.54, 1.807) is 6.07 Å². The minimum Gasteiger partial charge on any atom is -0.469 e. The van der Waals surface area contributed by atoms with Crippen molar-refractivity contribution in [3.05, 3.63) is 35.6 Å². The first-order valence-electron chi connectivity index (χ1n) is 4.14. The van der Waals surface area contributed by atoms with Crippen LogP contribution < -0.4 is 0 Å². The Morgan fingerprint density at radius 1 is 1.64 bits per heavy atom. The van der Waals surface area contributed by atoms with Gasteiger partial charge in [0.25, 0.3) is 0 Å². The average molecular weight is 198 g/mol. The second kappa shape index (κ2) is 4.72. The van der Waals surface area contributed by atoms with Gasteiger partial charge in [0.15, 0.2) is 0 Å². The van der Waals surface area contributed by atoms with Gasteiger partial charge in [-0.05, 0) is 17.7 Å². The van der Waals surface area contributed by atoms with Crippen LogP contribution in [0, 0.1) is 5.82 Å². The van der Waals surface area contributed by atoms with Crippen molar-refractivity contribution < 1.29 is 19.0 Å². The van der Waals surface area contributed by atoms with Crippen molar-refractivity contribution in [1.29, 1.82) is 0 Å². The number of halogens is 1. The van der Waals surface area contributed by atoms with Gasteiger partial charge in [-0.25, -0.2) is 4.39 Å². The molecule has 14 heavy (non-hydrogen) atoms. The monoisotopic (exact) mass is 198 g/mol. The van der Waals surface area contributed by atoms with Gasteiger partial charge in [-0.15, -0.1) is 0 Å². The van der Waals surface area contributed by atoms with E-state index in [4.69, 9.17) is 0 Å². The van der Waals surface area contributed by atoms with E-state index < -0.39 is 17.9 Å². The fourth-order valence-electron chi connectivity index (χ4n) is 1.07. The molecule has 0 aliphatic carbocycles. The number of ether oxygens (including phenoxy) is 1. The molecule has 0 unspecified atom stereocenters. The lowest BCUT2D eigenvalue weighted by Crippen LogP contribution is -2.08. The molecule has 1 aromatic rings. The largest absolute Gasteiger partial charge is 0.469 e. The summed E-state index contributed by atoms with van der Waals surface area (Å²) in [6.45, 7) is 0. The number of aliphatic hydroxyl groups excluding tert-OH is 1. The summed E-state index contributed by atoms with van der Waals surface area (Å²) >= 11 is 0. The molecule has 1 aromatic carbocycles. The molecule has 4 heteroatoms. The Morgan fingerprint density at radius 2 is 2.36 bits per heavy atom. The van der Waals surface area contributed by atoms with E-state index in [-0.39, 0.29) is 6.42 Å². The number of aliphatic hydroxyl groups is 1. The molecule has 3 nitrogen and oxygen atoms in total. The molecule has 1 N–H and O–H groups in total. The van der Waals surface area contributed by atoms with E-state index in [0.29, 0.717) is 5.56 Å². The van der Waals surface area contributed by atoms with Crippen LogP contribution in [0.4, 0.5) is 4.39 Å². The number of hydrogen-bond acceptors (Lipinski definition) is 3. The summed E-state index contributed by atoms with van der Waals surface area (Å²) in [4.78, 5) is 10.8. The number of carbonyl (C=O) groups excluding carboxylic acids is 1. The van der Waals surface area contributed by atoms with Crippen LogP contribution in [0.25, 0.3) is 0 Å². The van der Waals surface area contributed by atoms with E-state index in [9.17, 15) is 14.3 Å². The molecule has 0 aliphatic heterocycles. The molecule has 0 saturated heterocycles. The Labute approximate surface area is 81.1 Å². The average Bonchev–Trinajstić information content (AvgIpc) is 2.17. The van der Waals surface area contributed by atoms with Crippen LogP contribution in [-0.2, 0) is 9.53 Å². The van der Waals surface area contributed by atoms with Gasteiger partial charge in [0.2, 0.25) is 0 Å². The first-order chi connectivity index (χ1) is 6.63. The third-order valence-electron chi connectivity index (χ3n) is 1.82. The lowest BCUT2D eigenvalue weighted by atomic mass is 10.1. The lowest BCUT2D eigenvalue weighted by Gasteiger charge is -2.08. The maximum absolute atomic E-state index is 12.7. The van der Waals surface area contributed by atoms with Gasteiger partial charge in [-0.1, -0.05) is 12.1 Å². The topological polar surface area (TPSA) is 46.5 Å². The second-order valence-electron chi connectivity index (χ2n) is 2.85. The molecular formula is C10H11FO3. The molecule has 76 valence electrons. The first-order valence-corrected chi connectivity index (χ1v) is 4.14. The second-order valence-corrected chi connectivity index (χ2v) is 2.85. The number of benzene rings is 1. The molecule has 1 rings (SSSR count). The quantitative estimate of drug-likeness (QED) is 0.747. The number of rotatable bonds is 3. The van der Waals surface area contributed by atoms with Crippen molar-refractivity contribution in [2.45, 2.75) is 12.5 Å². The Bertz CT molecular complexity index is 325. The molecule has 0 saturated carbocycles. The van der Waals surface area contributed by atoms with Crippen LogP contribution in [0.5, 0.6) is 0 Å². The summed E-state index contributed by atoms with van der Waals surface area (Å²) in [5, 5.41) is 9.48. The van der Waals surface area contributed by atoms with Crippen LogP contribution in [-0.4, -0.2) is 18.2 Å². The van der Waals surface area contributed by atoms with E-state index in [2.05, 4.69) is 4.74 Å². The Morgan fingerprint density at radius 3 is 2.93 bits per heavy atom. The molecular weight excluding hydrogens is 187 g/mol. The summed E-state index contributed by atoms with van der Waals surface area (Å²) in [5.74, 6) is -0.965. The highest BCUT2D eigenvalue weighted by molar-refractivity contribution is 5.70. The third kappa shape index (κ3) is 2.81. The number of methoxy groups -OCH3 is 1. The number of carbonyl (C=O) groups is 1. The van der Waals surface area contributed by atoms with Crippen LogP contribution in [0.1, 0.15) is 18.1 Å². The van der Waals surface area contributed by atoms with Crippen LogP contribution in [0.2, 0.25) is 0 Å². The Kier molecular flexibility index (Phi) is 3.59. The Balaban J connectivity index is 2.69. The van der Waals surface area contributed by atoms with Crippen LogP contribution in [0.3, 0.4) is 0 Å². The van der Waals surface area contributed by atoms with Gasteiger partial charge in [0.05, 0.1) is 19.6 Å². The van der Waals surface area contributed by atoms with E-state index in [1.165, 1.54) is 25.3 Å². The smallest absolute Gasteiger partial charge is 0.308 e. The van der Waals surface area contributed by atoms with Gasteiger partial charge in [0, 0.05) is 0 Å². The summed E-state index contributed by atoms with van der Waals surface area (Å²) in [7, 11) is 1.24. The molecule has 1 atom stereocenters. The van der Waals surface area contributed by atoms with Crippen molar-refractivity contribution in [3.8, 4) is 0 Å². The van der Waals surface area contributed by atoms with E-state index in [1.807, 2.05) is 0 Å². The summed E-state index contributed by atoms with van der Waals surface area (Å²) < 4.78 is 17.1. The fourth-order valence-corrected chi connectivity index (χ4v) is 1.07. The predicted octanol–water partition coefficient (Wildman–Crippen LogP) is 1.42. The molecule has 0 fully saturated rings. The highest BCUT2D eigenvalue weighted by Gasteiger charge is 2.13. The van der Waals surface area contributed by atoms with Crippen molar-refractivity contribution in [2.24, 2.45) is 0 Å². The van der Waals surface area contributed by atoms with Crippen LogP contribution >= 0.6 is 0 Å². The van der Waals surface area contributed by atoms with Gasteiger partial charge >= 0.3 is 5.97 Å². The molecule has 0 radical (unpaired) electrons. The number of hydrogen-bond donors (Lipinski definition) is 1. The maximum atomic E-state index is 12.7. The van der Waals surface area contributed by atoms with Crippen molar-refractivity contribution >= 4 is 5.97 Å². The minimum atomic E-state index is -1.02. The van der Waals surface area contributed by atoms with Crippen molar-refractivity contribution in [1.82, 2.24) is 0 Å². The SMILES string of the molecule is COC(=O)C[C@H](O)c1cccc(F)c1. The zero-order valence-electron chi connectivity index (χ0n) is 7.74. The minimum absolute atomic E-state index is 0.167. The highest BCUT2D eigenvalue weighted by Crippen LogP contribution is 2.17. The number of esters is 1. The molecule has 0 aromatic heterocycles. The van der Waals surface area contributed by atoms with Crippen molar-refractivity contribution in [2.75, 3.05) is 7.11 Å². The maximum Gasteiger partial charge on any atom is 0.308 e. The molecule has 0 heterocycles. The van der Waals surface area contributed by atoms with E-state index >= 15 is 0 Å². The van der Waals surface area contributed by atoms with Crippen molar-refractivity contribution in [3.63, 3.8) is 0 Å². The van der Waals surface area contributed by atoms with Gasteiger partial charge in [0.1, 0.15) is 5.82 Å². The first kappa shape index (κ1) is 10.7. The predicted molar refractivity (Wildman–Crippen MR) is 48.0 cm³/mol. The lowest BCUT2D eigenvalue weighted by molar-refractivity contribution is -0.142. The van der Waals surface area contributed by atoms with E-state index in [0.717, 1.165) is 0 Å². The molecule has 0 amide bonds. The Hall–Kier alpha value is -1.42.